The van der Waals surface area contributed by atoms with Crippen molar-refractivity contribution in [3.8, 4) is 5.88 Å². The maximum Gasteiger partial charge on any atom is 0.255 e. The fourth-order valence-corrected chi connectivity index (χ4v) is 6.32. The first-order valence-electron chi connectivity index (χ1n) is 11.6. The van der Waals surface area contributed by atoms with Gasteiger partial charge in [0.2, 0.25) is 11.8 Å². The fraction of sp³-hybridized carbons (Fsp3) is 0.440. The molecule has 3 aliphatic rings. The van der Waals surface area contributed by atoms with Gasteiger partial charge in [-0.1, -0.05) is 17.8 Å². The van der Waals surface area contributed by atoms with Crippen molar-refractivity contribution in [1.29, 1.82) is 0 Å². The van der Waals surface area contributed by atoms with Crippen LogP contribution in [0.2, 0.25) is 0 Å². The number of rotatable bonds is 7. The highest BCUT2D eigenvalue weighted by Gasteiger charge is 2.71. The molecule has 2 fully saturated rings. The first-order valence-corrected chi connectivity index (χ1v) is 12.4. The molecule has 1 aromatic carbocycles. The number of hydrogen-bond acceptors (Lipinski definition) is 7. The summed E-state index contributed by atoms with van der Waals surface area (Å²) in [6.07, 6.45) is 3.74. The Kier molecular flexibility index (Phi) is 6.00. The number of amides is 1. The summed E-state index contributed by atoms with van der Waals surface area (Å²) >= 11 is 1.20. The van der Waals surface area contributed by atoms with Crippen LogP contribution in [0.5, 0.6) is 5.88 Å². The van der Waals surface area contributed by atoms with Crippen LogP contribution in [-0.4, -0.2) is 57.3 Å². The van der Waals surface area contributed by atoms with Gasteiger partial charge >= 0.3 is 0 Å². The van der Waals surface area contributed by atoms with Crippen molar-refractivity contribution in [2.75, 3.05) is 20.7 Å². The molecule has 1 amide bonds. The Morgan fingerprint density at radius 1 is 1.27 bits per heavy atom. The second kappa shape index (κ2) is 8.71. The monoisotopic (exact) mass is 535 g/mol. The van der Waals surface area contributed by atoms with E-state index >= 15 is 4.39 Å². The zero-order valence-corrected chi connectivity index (χ0v) is 21.2. The lowest BCUT2D eigenvalue weighted by Crippen LogP contribution is -2.43. The highest BCUT2D eigenvalue weighted by atomic mass is 32.2. The van der Waals surface area contributed by atoms with E-state index in [0.29, 0.717) is 12.0 Å². The van der Waals surface area contributed by atoms with Gasteiger partial charge in [0.1, 0.15) is 16.3 Å². The third kappa shape index (κ3) is 4.55. The van der Waals surface area contributed by atoms with Crippen LogP contribution in [0, 0.1) is 17.7 Å². The van der Waals surface area contributed by atoms with E-state index in [4.69, 9.17) is 10.5 Å². The number of nitrogens with two attached hydrogens (primary N) is 1. The first-order chi connectivity index (χ1) is 17.4. The van der Waals surface area contributed by atoms with Gasteiger partial charge in [-0.05, 0) is 37.1 Å². The van der Waals surface area contributed by atoms with Crippen LogP contribution in [0.25, 0.3) is 11.9 Å². The summed E-state index contributed by atoms with van der Waals surface area (Å²) < 4.78 is 60.4. The van der Waals surface area contributed by atoms with Gasteiger partial charge in [-0.25, -0.2) is 27.5 Å². The molecule has 7 nitrogen and oxygen atoms in total. The number of thioether (sulfide) groups is 1. The number of aliphatic imine (C=N–C) groups is 1. The minimum atomic E-state index is -2.70. The number of fused-ring (bicyclic) bond motifs is 1. The van der Waals surface area contributed by atoms with E-state index in [1.807, 2.05) is 0 Å². The number of hydrogen-bond donors (Lipinski definition) is 1. The van der Waals surface area contributed by atoms with E-state index in [1.54, 1.807) is 21.0 Å². The van der Waals surface area contributed by atoms with Crippen molar-refractivity contribution in [3.05, 3.63) is 53.2 Å². The lowest BCUT2D eigenvalue weighted by Gasteiger charge is -2.34. The predicted molar refractivity (Wildman–Crippen MR) is 132 cm³/mol. The molecule has 0 spiro atoms. The number of carbonyl (C=O) groups excluding carboxylic acids is 1. The SMILES string of the molecule is CN(C)C(=O)[C@]12C[C@H]1[C@@](C)(c1cc(/C=C(\F)c3cnc(OCC4CC4(F)F)cn3)ccc1F)N=C(N)S2. The Bertz CT molecular complexity index is 1320. The number of ether oxygens (including phenoxy) is 1. The minimum absolute atomic E-state index is 0.0158. The second-order valence-electron chi connectivity index (χ2n) is 9.99. The Morgan fingerprint density at radius 2 is 2.00 bits per heavy atom. The lowest BCUT2D eigenvalue weighted by molar-refractivity contribution is -0.129. The number of amidine groups is 1. The molecule has 4 atom stereocenters. The van der Waals surface area contributed by atoms with Crippen LogP contribution in [0.1, 0.15) is 36.6 Å². The largest absolute Gasteiger partial charge is 0.476 e. The molecule has 12 heteroatoms. The summed E-state index contributed by atoms with van der Waals surface area (Å²) in [6, 6.07) is 4.13. The van der Waals surface area contributed by atoms with E-state index in [-0.39, 0.29) is 47.2 Å². The Morgan fingerprint density at radius 3 is 2.62 bits per heavy atom. The maximum absolute atomic E-state index is 15.1. The van der Waals surface area contributed by atoms with Crippen molar-refractivity contribution in [2.45, 2.75) is 36.0 Å². The van der Waals surface area contributed by atoms with Crippen LogP contribution < -0.4 is 10.5 Å². The molecular formula is C25H25F4N5O2S. The van der Waals surface area contributed by atoms with Gasteiger partial charge in [-0.15, -0.1) is 0 Å². The zero-order chi connectivity index (χ0) is 26.8. The highest BCUT2D eigenvalue weighted by Crippen LogP contribution is 2.66. The van der Waals surface area contributed by atoms with Crippen molar-refractivity contribution in [3.63, 3.8) is 0 Å². The molecule has 2 aliphatic carbocycles. The van der Waals surface area contributed by atoms with E-state index in [2.05, 4.69) is 15.0 Å². The third-order valence-corrected chi connectivity index (χ3v) is 8.37. The molecule has 2 aromatic rings. The maximum atomic E-state index is 15.1. The molecule has 0 bridgehead atoms. The molecule has 196 valence electrons. The zero-order valence-electron chi connectivity index (χ0n) is 20.3. The molecule has 1 aliphatic heterocycles. The van der Waals surface area contributed by atoms with E-state index in [0.717, 1.165) is 12.4 Å². The molecule has 0 saturated heterocycles. The fourth-order valence-electron chi connectivity index (χ4n) is 4.82. The molecule has 2 heterocycles. The van der Waals surface area contributed by atoms with Crippen LogP contribution in [-0.2, 0) is 10.3 Å². The average Bonchev–Trinajstić information content (AvgIpc) is 3.73. The number of carbonyl (C=O) groups is 1. The van der Waals surface area contributed by atoms with Crippen LogP contribution in [0.3, 0.4) is 0 Å². The third-order valence-electron chi connectivity index (χ3n) is 7.08. The van der Waals surface area contributed by atoms with Gasteiger partial charge in [0.15, 0.2) is 11.0 Å². The summed E-state index contributed by atoms with van der Waals surface area (Å²) in [6.45, 7) is 1.54. The number of alkyl halides is 2. The van der Waals surface area contributed by atoms with E-state index in [1.165, 1.54) is 40.9 Å². The minimum Gasteiger partial charge on any atom is -0.476 e. The van der Waals surface area contributed by atoms with E-state index < -0.39 is 33.8 Å². The standard InChI is InChI=1S/C25H25F4N5O2S/c1-23(19-9-24(19,21(35)34(2)3)37-22(30)33-23)15-6-13(4-5-16(15)26)7-17(27)18-10-32-20(11-31-18)36-12-14-8-25(14,28)29/h4-7,10-11,14,19H,8-9,12H2,1-3H3,(H2,30,33)/b17-7-/t14?,19-,23+,24-/m0/s1. The Labute approximate surface area is 215 Å². The lowest BCUT2D eigenvalue weighted by atomic mass is 9.84. The van der Waals surface area contributed by atoms with Crippen molar-refractivity contribution in [2.24, 2.45) is 22.6 Å². The predicted octanol–water partition coefficient (Wildman–Crippen LogP) is 4.24. The molecule has 2 N–H and O–H groups in total. The molecular weight excluding hydrogens is 510 g/mol. The molecule has 1 aromatic heterocycles. The molecule has 1 unspecified atom stereocenters. The van der Waals surface area contributed by atoms with Gasteiger partial charge in [0.05, 0.1) is 30.5 Å². The van der Waals surface area contributed by atoms with Crippen LogP contribution in [0.4, 0.5) is 17.6 Å². The first kappa shape index (κ1) is 25.5. The molecule has 37 heavy (non-hydrogen) atoms. The number of benzene rings is 1. The quantitative estimate of drug-likeness (QED) is 0.533. The summed E-state index contributed by atoms with van der Waals surface area (Å²) in [4.78, 5) is 26.8. The van der Waals surface area contributed by atoms with Crippen LogP contribution >= 0.6 is 11.8 Å². The van der Waals surface area contributed by atoms with Gasteiger partial charge in [-0.3, -0.25) is 9.79 Å². The van der Waals surface area contributed by atoms with E-state index in [9.17, 15) is 18.0 Å². The van der Waals surface area contributed by atoms with Gasteiger partial charge in [0, 0.05) is 32.0 Å². The summed E-state index contributed by atoms with van der Waals surface area (Å²) in [5.74, 6) is -5.19. The summed E-state index contributed by atoms with van der Waals surface area (Å²) in [5, 5.41) is 0.195. The normalized spacial score (nSPS) is 29.7. The van der Waals surface area contributed by atoms with Gasteiger partial charge in [0.25, 0.3) is 5.92 Å². The number of aromatic nitrogens is 2. The Balaban J connectivity index is 1.37. The second-order valence-corrected chi connectivity index (χ2v) is 11.3. The smallest absolute Gasteiger partial charge is 0.255 e. The number of halogens is 4. The molecule has 5 rings (SSSR count). The highest BCUT2D eigenvalue weighted by molar-refractivity contribution is 8.15. The van der Waals surface area contributed by atoms with Crippen molar-refractivity contribution < 1.29 is 27.1 Å². The topological polar surface area (TPSA) is 93.7 Å². The average molecular weight is 536 g/mol. The van der Waals surface area contributed by atoms with Crippen LogP contribution in [0.15, 0.2) is 35.6 Å². The van der Waals surface area contributed by atoms with Crippen molar-refractivity contribution in [1.82, 2.24) is 14.9 Å². The van der Waals surface area contributed by atoms with Gasteiger partial charge < -0.3 is 15.4 Å². The number of nitrogens with zero attached hydrogens (tertiary/aromatic N) is 4. The Hall–Kier alpha value is -3.15. The molecule has 0 radical (unpaired) electrons. The summed E-state index contributed by atoms with van der Waals surface area (Å²) in [7, 11) is 3.32. The summed E-state index contributed by atoms with van der Waals surface area (Å²) in [5.41, 5.74) is 5.44. The van der Waals surface area contributed by atoms with Crippen molar-refractivity contribution >= 4 is 34.7 Å². The molecule has 2 saturated carbocycles. The van der Waals surface area contributed by atoms with Gasteiger partial charge in [-0.2, -0.15) is 0 Å².